The van der Waals surface area contributed by atoms with Gasteiger partial charge in [0.25, 0.3) is 5.91 Å². The molecule has 0 radical (unpaired) electrons. The zero-order valence-corrected chi connectivity index (χ0v) is 13.2. The van der Waals surface area contributed by atoms with Crippen LogP contribution in [0.4, 0.5) is 8.78 Å². The van der Waals surface area contributed by atoms with E-state index in [1.807, 2.05) is 7.05 Å². The average Bonchev–Trinajstić information content (AvgIpc) is 2.92. The lowest BCUT2D eigenvalue weighted by Crippen LogP contribution is -2.57. The molecule has 0 aliphatic carbocycles. The summed E-state index contributed by atoms with van der Waals surface area (Å²) in [6, 6.07) is 1.66. The van der Waals surface area contributed by atoms with Crippen LogP contribution in [0.5, 0.6) is 0 Å². The molecule has 2 heterocycles. The Kier molecular flexibility index (Phi) is 4.27. The number of amides is 1. The fraction of sp³-hybridized carbons (Fsp3) is 0.500. The number of carboxylic acid groups (broad SMARTS) is 1. The summed E-state index contributed by atoms with van der Waals surface area (Å²) in [4.78, 5) is 27.6. The molecule has 1 N–H and O–H groups in total. The van der Waals surface area contributed by atoms with Crippen LogP contribution in [0.15, 0.2) is 18.2 Å². The molecule has 0 bridgehead atoms. The van der Waals surface area contributed by atoms with E-state index >= 15 is 0 Å². The topological polar surface area (TPSA) is 70.1 Å². The highest BCUT2D eigenvalue weighted by Crippen LogP contribution is 2.38. The van der Waals surface area contributed by atoms with E-state index in [9.17, 15) is 23.5 Å². The highest BCUT2D eigenvalue weighted by atomic mass is 19.2. The van der Waals surface area contributed by atoms with E-state index in [2.05, 4.69) is 4.90 Å². The number of carbonyl (C=O) groups is 2. The Balaban J connectivity index is 1.96. The number of piperidine rings is 1. The van der Waals surface area contributed by atoms with Crippen molar-refractivity contribution in [1.82, 2.24) is 9.80 Å². The van der Waals surface area contributed by atoms with Crippen LogP contribution in [-0.2, 0) is 9.53 Å². The first-order chi connectivity index (χ1) is 11.3. The number of likely N-dealkylation sites (tertiary alicyclic amines) is 1. The molecule has 2 aliphatic rings. The summed E-state index contributed by atoms with van der Waals surface area (Å²) in [5.74, 6) is -4.05. The van der Waals surface area contributed by atoms with Crippen LogP contribution in [0, 0.1) is 11.6 Å². The highest BCUT2D eigenvalue weighted by molar-refractivity contribution is 5.97. The molecule has 2 fully saturated rings. The summed E-state index contributed by atoms with van der Waals surface area (Å²) in [5.41, 5.74) is -1.11. The molecule has 1 amide bonds. The normalized spacial score (nSPS) is 23.6. The molecule has 0 aromatic heterocycles. The predicted octanol–water partition coefficient (Wildman–Crippen LogP) is 1.31. The second kappa shape index (κ2) is 6.10. The lowest BCUT2D eigenvalue weighted by atomic mass is 9.97. The maximum absolute atomic E-state index is 13.5. The summed E-state index contributed by atoms with van der Waals surface area (Å²) in [7, 11) is 1.93. The second-order valence-electron chi connectivity index (χ2n) is 6.22. The van der Waals surface area contributed by atoms with Gasteiger partial charge in [0.15, 0.2) is 17.7 Å². The van der Waals surface area contributed by atoms with Gasteiger partial charge in [0, 0.05) is 31.5 Å². The zero-order valence-electron chi connectivity index (χ0n) is 13.2. The minimum atomic E-state index is -1.18. The number of aliphatic carboxylic acids is 1. The van der Waals surface area contributed by atoms with Crippen molar-refractivity contribution >= 4 is 11.9 Å². The number of hydrogen-bond acceptors (Lipinski definition) is 4. The second-order valence-corrected chi connectivity index (χ2v) is 6.22. The van der Waals surface area contributed by atoms with Gasteiger partial charge in [0.05, 0.1) is 6.61 Å². The summed E-state index contributed by atoms with van der Waals surface area (Å²) < 4.78 is 32.3. The summed E-state index contributed by atoms with van der Waals surface area (Å²) in [5, 5.41) is 9.43. The van der Waals surface area contributed by atoms with Crippen molar-refractivity contribution in [2.24, 2.45) is 0 Å². The smallest absolute Gasteiger partial charge is 0.328 e. The quantitative estimate of drug-likeness (QED) is 0.879. The van der Waals surface area contributed by atoms with Crippen molar-refractivity contribution in [3.8, 4) is 0 Å². The van der Waals surface area contributed by atoms with E-state index in [-0.39, 0.29) is 12.2 Å². The van der Waals surface area contributed by atoms with E-state index in [4.69, 9.17) is 4.74 Å². The Bertz CT molecular complexity index is 674. The number of halogens is 2. The van der Waals surface area contributed by atoms with Gasteiger partial charge in [-0.2, -0.15) is 0 Å². The number of hydrogen-bond donors (Lipinski definition) is 1. The Morgan fingerprint density at radius 1 is 1.25 bits per heavy atom. The first kappa shape index (κ1) is 16.8. The highest BCUT2D eigenvalue weighted by Gasteiger charge is 2.53. The summed E-state index contributed by atoms with van der Waals surface area (Å²) in [6.45, 7) is 1.18. The molecule has 8 heteroatoms. The van der Waals surface area contributed by atoms with Gasteiger partial charge < -0.3 is 14.7 Å². The molecule has 24 heavy (non-hydrogen) atoms. The first-order valence-corrected chi connectivity index (χ1v) is 7.68. The van der Waals surface area contributed by atoms with Gasteiger partial charge in [-0.15, -0.1) is 0 Å². The molecule has 1 aromatic rings. The van der Waals surface area contributed by atoms with Crippen LogP contribution in [0.25, 0.3) is 0 Å². The minimum absolute atomic E-state index is 0.0936. The first-order valence-electron chi connectivity index (χ1n) is 7.68. The number of carbonyl (C=O) groups excluding carboxylic acids is 1. The van der Waals surface area contributed by atoms with Crippen molar-refractivity contribution in [3.05, 3.63) is 35.4 Å². The van der Waals surface area contributed by atoms with Gasteiger partial charge in [0.1, 0.15) is 5.72 Å². The largest absolute Gasteiger partial charge is 0.480 e. The predicted molar refractivity (Wildman–Crippen MR) is 79.4 cm³/mol. The van der Waals surface area contributed by atoms with E-state index < -0.39 is 35.3 Å². The fourth-order valence-electron chi connectivity index (χ4n) is 3.29. The van der Waals surface area contributed by atoms with Gasteiger partial charge in [-0.3, -0.25) is 9.69 Å². The standard InChI is InChI=1S/C16H18F2N2O4/c1-19-6-4-16(5-7-19)20(13(9-24-16)15(22)23)14(21)10-2-3-11(17)12(18)8-10/h2-3,8,13H,4-7,9H2,1H3,(H,22,23)/t13-/m0/s1. The summed E-state index contributed by atoms with van der Waals surface area (Å²) in [6.07, 6.45) is 0.922. The van der Waals surface area contributed by atoms with Crippen LogP contribution >= 0.6 is 0 Å². The number of rotatable bonds is 2. The molecule has 1 atom stereocenters. The van der Waals surface area contributed by atoms with Crippen LogP contribution in [0.1, 0.15) is 23.2 Å². The van der Waals surface area contributed by atoms with Crippen molar-refractivity contribution in [2.75, 3.05) is 26.7 Å². The third-order valence-corrected chi connectivity index (χ3v) is 4.70. The molecule has 2 aliphatic heterocycles. The van der Waals surface area contributed by atoms with Gasteiger partial charge >= 0.3 is 5.97 Å². The zero-order chi connectivity index (χ0) is 17.5. The Morgan fingerprint density at radius 3 is 2.50 bits per heavy atom. The molecule has 1 spiro atoms. The van der Waals surface area contributed by atoms with E-state index in [0.717, 1.165) is 18.2 Å². The Labute approximate surface area is 137 Å². The van der Waals surface area contributed by atoms with E-state index in [1.165, 1.54) is 4.90 Å². The van der Waals surface area contributed by atoms with Crippen molar-refractivity contribution < 1.29 is 28.2 Å². The van der Waals surface area contributed by atoms with Gasteiger partial charge in [-0.05, 0) is 25.2 Å². The number of nitrogens with zero attached hydrogens (tertiary/aromatic N) is 2. The molecule has 130 valence electrons. The van der Waals surface area contributed by atoms with Crippen LogP contribution < -0.4 is 0 Å². The molecule has 3 rings (SSSR count). The van der Waals surface area contributed by atoms with Crippen LogP contribution in [-0.4, -0.2) is 65.3 Å². The van der Waals surface area contributed by atoms with Crippen LogP contribution in [0.2, 0.25) is 0 Å². The maximum Gasteiger partial charge on any atom is 0.328 e. The minimum Gasteiger partial charge on any atom is -0.480 e. The maximum atomic E-state index is 13.5. The molecule has 0 unspecified atom stereocenters. The third-order valence-electron chi connectivity index (χ3n) is 4.70. The third kappa shape index (κ3) is 2.76. The number of carboxylic acids is 1. The van der Waals surface area contributed by atoms with E-state index in [1.54, 1.807) is 0 Å². The molecule has 6 nitrogen and oxygen atoms in total. The fourth-order valence-corrected chi connectivity index (χ4v) is 3.29. The molecular weight excluding hydrogens is 322 g/mol. The van der Waals surface area contributed by atoms with E-state index in [0.29, 0.717) is 25.9 Å². The average molecular weight is 340 g/mol. The van der Waals surface area contributed by atoms with Crippen LogP contribution in [0.3, 0.4) is 0 Å². The van der Waals surface area contributed by atoms with Crippen molar-refractivity contribution in [3.63, 3.8) is 0 Å². The SMILES string of the molecule is CN1CCC2(CC1)OC[C@@H](C(=O)O)N2C(=O)c1ccc(F)c(F)c1. The lowest BCUT2D eigenvalue weighted by molar-refractivity contribution is -0.143. The Hall–Kier alpha value is -2.06. The summed E-state index contributed by atoms with van der Waals surface area (Å²) >= 11 is 0. The number of ether oxygens (including phenoxy) is 1. The molecule has 0 saturated carbocycles. The molecule has 1 aromatic carbocycles. The lowest BCUT2D eigenvalue weighted by Gasteiger charge is -2.43. The van der Waals surface area contributed by atoms with Gasteiger partial charge in [-0.25, -0.2) is 13.6 Å². The van der Waals surface area contributed by atoms with Gasteiger partial charge in [0.2, 0.25) is 0 Å². The number of benzene rings is 1. The Morgan fingerprint density at radius 2 is 1.92 bits per heavy atom. The van der Waals surface area contributed by atoms with Crippen molar-refractivity contribution in [2.45, 2.75) is 24.6 Å². The van der Waals surface area contributed by atoms with Gasteiger partial charge in [-0.1, -0.05) is 0 Å². The molecule has 2 saturated heterocycles. The van der Waals surface area contributed by atoms with Crippen molar-refractivity contribution in [1.29, 1.82) is 0 Å². The monoisotopic (exact) mass is 340 g/mol. The molecular formula is C16H18F2N2O4.